The molecule has 0 spiro atoms. The summed E-state index contributed by atoms with van der Waals surface area (Å²) < 4.78 is 0. The molecule has 0 aliphatic heterocycles. The van der Waals surface area contributed by atoms with Crippen LogP contribution in [-0.4, -0.2) is 36.9 Å². The van der Waals surface area contributed by atoms with Crippen molar-refractivity contribution in [3.63, 3.8) is 0 Å². The maximum absolute atomic E-state index is 5.64. The zero-order valence-electron chi connectivity index (χ0n) is 13.3. The molecule has 0 aromatic carbocycles. The summed E-state index contributed by atoms with van der Waals surface area (Å²) in [5.74, 6) is 0.589. The molecule has 8 heteroatoms. The van der Waals surface area contributed by atoms with Crippen LogP contribution in [0.15, 0.2) is 20.2 Å². The second-order valence-corrected chi connectivity index (χ2v) is 4.48. The Bertz CT molecular complexity index is 384. The molecule has 0 fully saturated rings. The van der Waals surface area contributed by atoms with Crippen LogP contribution in [0.3, 0.4) is 0 Å². The molecule has 0 amide bonds. The molecule has 0 atom stereocenters. The van der Waals surface area contributed by atoms with Gasteiger partial charge in [0.15, 0.2) is 0 Å². The molecule has 8 nitrogen and oxygen atoms in total. The fourth-order valence-electron chi connectivity index (χ4n) is 1.15. The lowest BCUT2D eigenvalue weighted by molar-refractivity contribution is 0.799. The molecule has 6 N–H and O–H groups in total. The van der Waals surface area contributed by atoms with Crippen LogP contribution in [0.25, 0.3) is 0 Å². The average Bonchev–Trinajstić information content (AvgIpc) is 2.46. The first kappa shape index (κ1) is 18.9. The standard InChI is InChI=1S/C13H28N8/c1-4-6-8-16-12(14)20-18-10-11(3)19-21-13(15)17-9-7-5-2/h10H,4-9H2,1-3H3,(H3,14,16,20)(H3,15,17,21). The van der Waals surface area contributed by atoms with Crippen molar-refractivity contribution in [3.05, 3.63) is 0 Å². The van der Waals surface area contributed by atoms with E-state index in [2.05, 4.69) is 44.9 Å². The van der Waals surface area contributed by atoms with Crippen molar-refractivity contribution >= 4 is 23.8 Å². The van der Waals surface area contributed by atoms with Crippen LogP contribution in [0.4, 0.5) is 0 Å². The minimum absolute atomic E-state index is 0.293. The maximum atomic E-state index is 5.64. The van der Waals surface area contributed by atoms with E-state index in [1.807, 2.05) is 0 Å². The lowest BCUT2D eigenvalue weighted by Gasteiger charge is -2.00. The Kier molecular flexibility index (Phi) is 11.6. The van der Waals surface area contributed by atoms with Gasteiger partial charge in [0, 0.05) is 13.1 Å². The van der Waals surface area contributed by atoms with Crippen LogP contribution in [0, 0.1) is 0 Å². The first-order chi connectivity index (χ1) is 10.1. The SMILES string of the molecule is CCCCN=C(N)NN=CC(C)=NNC(N)=NCCCC. The number of nitrogens with two attached hydrogens (primary N) is 2. The molecule has 0 aromatic rings. The van der Waals surface area contributed by atoms with Crippen molar-refractivity contribution in [1.29, 1.82) is 0 Å². The zero-order valence-corrected chi connectivity index (χ0v) is 13.3. The molecule has 0 aliphatic rings. The van der Waals surface area contributed by atoms with Crippen LogP contribution in [0.1, 0.15) is 46.5 Å². The van der Waals surface area contributed by atoms with E-state index in [1.165, 1.54) is 6.21 Å². The highest BCUT2D eigenvalue weighted by Crippen LogP contribution is 1.86. The number of unbranched alkanes of at least 4 members (excludes halogenated alkanes) is 2. The molecular weight excluding hydrogens is 268 g/mol. The highest BCUT2D eigenvalue weighted by Gasteiger charge is 1.90. The van der Waals surface area contributed by atoms with E-state index < -0.39 is 0 Å². The number of hydrogen-bond acceptors (Lipinski definition) is 4. The van der Waals surface area contributed by atoms with Gasteiger partial charge in [0.05, 0.1) is 11.9 Å². The average molecular weight is 296 g/mol. The monoisotopic (exact) mass is 296 g/mol. The van der Waals surface area contributed by atoms with Gasteiger partial charge in [0.2, 0.25) is 11.9 Å². The minimum Gasteiger partial charge on any atom is -0.369 e. The van der Waals surface area contributed by atoms with E-state index >= 15 is 0 Å². The molecule has 0 saturated carbocycles. The highest BCUT2D eigenvalue weighted by molar-refractivity contribution is 6.29. The van der Waals surface area contributed by atoms with Gasteiger partial charge in [0.25, 0.3) is 0 Å². The van der Waals surface area contributed by atoms with Gasteiger partial charge in [-0.2, -0.15) is 10.2 Å². The number of nitrogens with one attached hydrogen (secondary N) is 2. The van der Waals surface area contributed by atoms with Gasteiger partial charge in [0.1, 0.15) is 0 Å². The van der Waals surface area contributed by atoms with Crippen molar-refractivity contribution in [2.45, 2.75) is 46.5 Å². The number of rotatable bonds is 9. The van der Waals surface area contributed by atoms with Gasteiger partial charge >= 0.3 is 0 Å². The van der Waals surface area contributed by atoms with E-state index in [4.69, 9.17) is 11.5 Å². The summed E-state index contributed by atoms with van der Waals surface area (Å²) in [4.78, 5) is 8.21. The summed E-state index contributed by atoms with van der Waals surface area (Å²) in [7, 11) is 0. The van der Waals surface area contributed by atoms with Crippen molar-refractivity contribution in [1.82, 2.24) is 10.9 Å². The predicted octanol–water partition coefficient (Wildman–Crippen LogP) is 0.757. The number of hydrogen-bond donors (Lipinski definition) is 4. The quantitative estimate of drug-likeness (QED) is 0.217. The van der Waals surface area contributed by atoms with Gasteiger partial charge < -0.3 is 11.5 Å². The van der Waals surface area contributed by atoms with E-state index in [1.54, 1.807) is 6.92 Å². The second kappa shape index (κ2) is 12.9. The van der Waals surface area contributed by atoms with Crippen LogP contribution < -0.4 is 22.3 Å². The fourth-order valence-corrected chi connectivity index (χ4v) is 1.15. The Hall–Kier alpha value is -2.12. The first-order valence-corrected chi connectivity index (χ1v) is 7.29. The van der Waals surface area contributed by atoms with Crippen molar-refractivity contribution in [2.75, 3.05) is 13.1 Å². The van der Waals surface area contributed by atoms with Crippen LogP contribution >= 0.6 is 0 Å². The smallest absolute Gasteiger partial charge is 0.209 e. The lowest BCUT2D eigenvalue weighted by atomic mass is 10.3. The van der Waals surface area contributed by atoms with E-state index in [0.29, 0.717) is 30.7 Å². The van der Waals surface area contributed by atoms with Crippen molar-refractivity contribution in [3.8, 4) is 0 Å². The molecule has 0 aromatic heterocycles. The van der Waals surface area contributed by atoms with Crippen molar-refractivity contribution in [2.24, 2.45) is 31.7 Å². The first-order valence-electron chi connectivity index (χ1n) is 7.29. The number of aliphatic imine (C=N–C) groups is 2. The number of nitrogens with zero attached hydrogens (tertiary/aromatic N) is 4. The van der Waals surface area contributed by atoms with Gasteiger partial charge in [-0.05, 0) is 19.8 Å². The van der Waals surface area contributed by atoms with Crippen molar-refractivity contribution < 1.29 is 0 Å². The largest absolute Gasteiger partial charge is 0.369 e. The molecule has 0 bridgehead atoms. The Morgan fingerprint density at radius 2 is 1.48 bits per heavy atom. The Morgan fingerprint density at radius 1 is 0.952 bits per heavy atom. The molecule has 0 rings (SSSR count). The Labute approximate surface area is 126 Å². The summed E-state index contributed by atoms with van der Waals surface area (Å²) in [6, 6.07) is 0. The van der Waals surface area contributed by atoms with E-state index in [-0.39, 0.29) is 0 Å². The lowest BCUT2D eigenvalue weighted by Crippen LogP contribution is -2.29. The zero-order chi connectivity index (χ0) is 15.9. The van der Waals surface area contributed by atoms with Gasteiger partial charge in [-0.1, -0.05) is 26.7 Å². The highest BCUT2D eigenvalue weighted by atomic mass is 15.4. The maximum Gasteiger partial charge on any atom is 0.209 e. The topological polar surface area (TPSA) is 126 Å². The van der Waals surface area contributed by atoms with E-state index in [0.717, 1.165) is 25.7 Å². The fraction of sp³-hybridized carbons (Fsp3) is 0.692. The van der Waals surface area contributed by atoms with Crippen LogP contribution in [0.2, 0.25) is 0 Å². The molecule has 0 heterocycles. The normalized spacial score (nSPS) is 13.8. The second-order valence-electron chi connectivity index (χ2n) is 4.48. The minimum atomic E-state index is 0.293. The molecule has 0 saturated heterocycles. The molecule has 0 unspecified atom stereocenters. The summed E-state index contributed by atoms with van der Waals surface area (Å²) in [5.41, 5.74) is 17.2. The predicted molar refractivity (Wildman–Crippen MR) is 90.7 cm³/mol. The van der Waals surface area contributed by atoms with Crippen LogP contribution in [-0.2, 0) is 0 Å². The third kappa shape index (κ3) is 12.6. The summed E-state index contributed by atoms with van der Waals surface area (Å²) in [6.45, 7) is 7.38. The summed E-state index contributed by atoms with van der Waals surface area (Å²) >= 11 is 0. The Balaban J connectivity index is 4.08. The molecule has 120 valence electrons. The Morgan fingerprint density at radius 3 is 2.00 bits per heavy atom. The molecule has 21 heavy (non-hydrogen) atoms. The molecule has 0 aliphatic carbocycles. The van der Waals surface area contributed by atoms with Gasteiger partial charge in [-0.3, -0.25) is 9.98 Å². The third-order valence-electron chi connectivity index (χ3n) is 2.36. The van der Waals surface area contributed by atoms with Crippen LogP contribution in [0.5, 0.6) is 0 Å². The van der Waals surface area contributed by atoms with Gasteiger partial charge in [-0.25, -0.2) is 10.9 Å². The van der Waals surface area contributed by atoms with Gasteiger partial charge in [-0.15, -0.1) is 0 Å². The summed E-state index contributed by atoms with van der Waals surface area (Å²) in [5, 5.41) is 7.94. The van der Waals surface area contributed by atoms with E-state index in [9.17, 15) is 0 Å². The summed E-state index contributed by atoms with van der Waals surface area (Å²) in [6.07, 6.45) is 5.70. The number of guanidine groups is 2. The molecular formula is C13H28N8. The third-order valence-corrected chi connectivity index (χ3v) is 2.36. The number of hydrazone groups is 2. The molecule has 0 radical (unpaired) electrons.